The molecule has 3 aromatic heterocycles. The van der Waals surface area contributed by atoms with Crippen molar-refractivity contribution < 1.29 is 0 Å². The first-order chi connectivity index (χ1) is 25.8. The Bertz CT molecular complexity index is 3470. The summed E-state index contributed by atoms with van der Waals surface area (Å²) in [6.07, 6.45) is 0. The predicted octanol–water partition coefficient (Wildman–Crippen LogP) is 13.0. The summed E-state index contributed by atoms with van der Waals surface area (Å²) in [5, 5.41) is 13.6. The lowest BCUT2D eigenvalue weighted by molar-refractivity contribution is 1.18. The van der Waals surface area contributed by atoms with Crippen LogP contribution in [0.5, 0.6) is 0 Å². The Labute approximate surface area is 298 Å². The molecule has 0 saturated heterocycles. The van der Waals surface area contributed by atoms with Gasteiger partial charge in [0.15, 0.2) is 0 Å². The highest BCUT2D eigenvalue weighted by Gasteiger charge is 2.19. The zero-order valence-electron chi connectivity index (χ0n) is 28.1. The molecule has 12 rings (SSSR count). The number of nitrogens with zero attached hydrogens (tertiary/aromatic N) is 3. The summed E-state index contributed by atoms with van der Waals surface area (Å²) in [6.45, 7) is 0. The van der Waals surface area contributed by atoms with Crippen molar-refractivity contribution in [2.45, 2.75) is 0 Å². The van der Waals surface area contributed by atoms with Gasteiger partial charge in [-0.2, -0.15) is 0 Å². The quantitative estimate of drug-likeness (QED) is 0.169. The van der Waals surface area contributed by atoms with E-state index in [1.54, 1.807) is 0 Å². The number of hydrogen-bond donors (Lipinski definition) is 0. The Morgan fingerprint density at radius 3 is 1.77 bits per heavy atom. The minimum atomic E-state index is 0.995. The second-order valence-electron chi connectivity index (χ2n) is 14.0. The van der Waals surface area contributed by atoms with Crippen LogP contribution in [0.4, 0.5) is 0 Å². The minimum Gasteiger partial charge on any atom is -0.309 e. The molecule has 0 fully saturated rings. The molecule has 0 saturated carbocycles. The molecule has 0 aliphatic heterocycles. The number of rotatable bonds is 2. The third kappa shape index (κ3) is 3.72. The van der Waals surface area contributed by atoms with Crippen LogP contribution in [-0.2, 0) is 0 Å². The maximum absolute atomic E-state index is 5.46. The van der Waals surface area contributed by atoms with Gasteiger partial charge < -0.3 is 4.57 Å². The summed E-state index contributed by atoms with van der Waals surface area (Å²) in [5.74, 6) is 0. The van der Waals surface area contributed by atoms with Crippen molar-refractivity contribution in [3.63, 3.8) is 0 Å². The molecule has 0 atom stereocenters. The van der Waals surface area contributed by atoms with Crippen LogP contribution in [0.3, 0.4) is 0 Å². The minimum absolute atomic E-state index is 0.995. The van der Waals surface area contributed by atoms with Crippen LogP contribution in [0.2, 0.25) is 0 Å². The Morgan fingerprint density at radius 2 is 0.962 bits per heavy atom. The summed E-state index contributed by atoms with van der Waals surface area (Å²) in [4.78, 5) is 5.46. The fraction of sp³-hybridized carbons (Fsp3) is 0. The molecule has 0 N–H and O–H groups in total. The van der Waals surface area contributed by atoms with E-state index in [4.69, 9.17) is 4.98 Å². The first-order valence-corrected chi connectivity index (χ1v) is 17.9. The number of fused-ring (bicyclic) bond motifs is 17. The third-order valence-electron chi connectivity index (χ3n) is 11.2. The summed E-state index contributed by atoms with van der Waals surface area (Å²) in [7, 11) is 0. The van der Waals surface area contributed by atoms with Crippen molar-refractivity contribution in [1.82, 2.24) is 14.0 Å². The van der Waals surface area contributed by atoms with E-state index in [-0.39, 0.29) is 0 Å². The van der Waals surface area contributed by atoms with Crippen LogP contribution in [-0.4, -0.2) is 14.0 Å². The standard InChI is InChI=1S/C49H29N3/c1-4-15-36-31(11-1)22-26-43-46(36)41-18-7-8-19-42(41)51(43)35-14-9-13-33(28-35)34-21-24-39-40-25-20-30-10-2-5-16-37(30)47(40)49-50-48-38-17-6-3-12-32(38)23-27-44(48)52(49)45(39)29-34/h1-29H. The van der Waals surface area contributed by atoms with Crippen LogP contribution in [0.25, 0.3) is 109 Å². The maximum Gasteiger partial charge on any atom is 0.147 e. The zero-order valence-corrected chi connectivity index (χ0v) is 28.1. The molecule has 3 nitrogen and oxygen atoms in total. The Balaban J connectivity index is 1.15. The molecular weight excluding hydrogens is 631 g/mol. The largest absolute Gasteiger partial charge is 0.309 e. The van der Waals surface area contributed by atoms with Crippen molar-refractivity contribution >= 4 is 92.5 Å². The summed E-state index contributed by atoms with van der Waals surface area (Å²) in [5.41, 5.74) is 10.2. The van der Waals surface area contributed by atoms with E-state index in [1.165, 1.54) is 81.4 Å². The predicted molar refractivity (Wildman–Crippen MR) is 220 cm³/mol. The Kier molecular flexibility index (Phi) is 5.50. The molecule has 0 bridgehead atoms. The van der Waals surface area contributed by atoms with Gasteiger partial charge in [0, 0.05) is 32.6 Å². The molecule has 240 valence electrons. The van der Waals surface area contributed by atoms with Crippen LogP contribution in [0.1, 0.15) is 0 Å². The van der Waals surface area contributed by atoms with Gasteiger partial charge in [0.1, 0.15) is 5.65 Å². The maximum atomic E-state index is 5.46. The van der Waals surface area contributed by atoms with Crippen LogP contribution >= 0.6 is 0 Å². The zero-order chi connectivity index (χ0) is 33.9. The molecule has 0 aliphatic rings. The summed E-state index contributed by atoms with van der Waals surface area (Å²) < 4.78 is 4.82. The van der Waals surface area contributed by atoms with Crippen molar-refractivity contribution in [1.29, 1.82) is 0 Å². The van der Waals surface area contributed by atoms with Crippen LogP contribution < -0.4 is 0 Å². The van der Waals surface area contributed by atoms with Gasteiger partial charge in [0.2, 0.25) is 0 Å². The molecule has 3 heteroatoms. The van der Waals surface area contributed by atoms with E-state index in [0.29, 0.717) is 0 Å². The lowest BCUT2D eigenvalue weighted by Gasteiger charge is -2.14. The monoisotopic (exact) mass is 659 g/mol. The van der Waals surface area contributed by atoms with Crippen LogP contribution in [0.15, 0.2) is 176 Å². The molecule has 0 unspecified atom stereocenters. The Morgan fingerprint density at radius 1 is 0.346 bits per heavy atom. The number of para-hydroxylation sites is 1. The SMILES string of the molecule is c1cc(-c2ccc3c4ccc5ccccc5c4c4nc5c6ccccc6ccc5n4c3c2)cc(-n2c3ccccc3c3c4ccccc4ccc32)c1. The van der Waals surface area contributed by atoms with Gasteiger partial charge >= 0.3 is 0 Å². The molecule has 0 aliphatic carbocycles. The van der Waals surface area contributed by atoms with Gasteiger partial charge in [0.25, 0.3) is 0 Å². The Hall–Kier alpha value is -6.97. The molecular formula is C49H29N3. The van der Waals surface area contributed by atoms with Gasteiger partial charge in [-0.25, -0.2) is 4.98 Å². The van der Waals surface area contributed by atoms with E-state index in [9.17, 15) is 0 Å². The normalized spacial score (nSPS) is 12.2. The average molecular weight is 660 g/mol. The van der Waals surface area contributed by atoms with Crippen molar-refractivity contribution in [2.75, 3.05) is 0 Å². The molecule has 0 radical (unpaired) electrons. The van der Waals surface area contributed by atoms with Gasteiger partial charge in [-0.3, -0.25) is 4.40 Å². The fourth-order valence-corrected chi connectivity index (χ4v) is 8.93. The highest BCUT2D eigenvalue weighted by atomic mass is 15.0. The molecule has 3 heterocycles. The third-order valence-corrected chi connectivity index (χ3v) is 11.2. The first-order valence-electron chi connectivity index (χ1n) is 17.9. The molecule has 0 amide bonds. The molecule has 0 spiro atoms. The van der Waals surface area contributed by atoms with E-state index < -0.39 is 0 Å². The molecule has 12 aromatic rings. The van der Waals surface area contributed by atoms with E-state index in [1.807, 2.05) is 0 Å². The number of aromatic nitrogens is 3. The number of pyridine rings is 1. The van der Waals surface area contributed by atoms with Gasteiger partial charge in [0.05, 0.1) is 27.6 Å². The lowest BCUT2D eigenvalue weighted by Crippen LogP contribution is -1.95. The number of hydrogen-bond acceptors (Lipinski definition) is 1. The number of benzene rings is 9. The van der Waals surface area contributed by atoms with Crippen molar-refractivity contribution in [3.8, 4) is 16.8 Å². The fourth-order valence-electron chi connectivity index (χ4n) is 8.93. The van der Waals surface area contributed by atoms with E-state index in [2.05, 4.69) is 185 Å². The first kappa shape index (κ1) is 27.8. The summed E-state index contributed by atoms with van der Waals surface area (Å²) in [6, 6.07) is 64.3. The van der Waals surface area contributed by atoms with Gasteiger partial charge in [-0.15, -0.1) is 0 Å². The van der Waals surface area contributed by atoms with Crippen molar-refractivity contribution in [3.05, 3.63) is 176 Å². The van der Waals surface area contributed by atoms with E-state index in [0.717, 1.165) is 27.9 Å². The van der Waals surface area contributed by atoms with Gasteiger partial charge in [-0.05, 0) is 79.8 Å². The number of imidazole rings is 1. The highest BCUT2D eigenvalue weighted by Crippen LogP contribution is 2.41. The molecule has 9 aromatic carbocycles. The summed E-state index contributed by atoms with van der Waals surface area (Å²) >= 11 is 0. The smallest absolute Gasteiger partial charge is 0.147 e. The second-order valence-corrected chi connectivity index (χ2v) is 14.0. The highest BCUT2D eigenvalue weighted by molar-refractivity contribution is 6.24. The molecule has 52 heavy (non-hydrogen) atoms. The average Bonchev–Trinajstić information content (AvgIpc) is 3.78. The van der Waals surface area contributed by atoms with Gasteiger partial charge in [-0.1, -0.05) is 140 Å². The van der Waals surface area contributed by atoms with Crippen LogP contribution in [0, 0.1) is 0 Å². The topological polar surface area (TPSA) is 22.2 Å². The lowest BCUT2D eigenvalue weighted by atomic mass is 9.97. The van der Waals surface area contributed by atoms with Crippen molar-refractivity contribution in [2.24, 2.45) is 0 Å². The van der Waals surface area contributed by atoms with E-state index >= 15 is 0 Å². The second kappa shape index (κ2) is 10.3.